The largest absolute Gasteiger partial charge is 0.380 e. The Labute approximate surface area is 125 Å². The molecule has 4 nitrogen and oxygen atoms in total. The van der Waals surface area contributed by atoms with E-state index in [2.05, 4.69) is 13.8 Å². The first kappa shape index (κ1) is 15.1. The molecule has 3 saturated heterocycles. The van der Waals surface area contributed by atoms with Crippen molar-refractivity contribution in [1.29, 1.82) is 0 Å². The van der Waals surface area contributed by atoms with Crippen molar-refractivity contribution in [2.75, 3.05) is 25.6 Å². The van der Waals surface area contributed by atoms with E-state index in [0.717, 1.165) is 38.4 Å². The van der Waals surface area contributed by atoms with Gasteiger partial charge in [-0.1, -0.05) is 6.92 Å². The number of rotatable bonds is 6. The Kier molecular flexibility index (Phi) is 4.93. The van der Waals surface area contributed by atoms with Crippen LogP contribution in [0.4, 0.5) is 0 Å². The second-order valence-corrected chi connectivity index (χ2v) is 7.86. The third-order valence-corrected chi connectivity index (χ3v) is 5.53. The van der Waals surface area contributed by atoms with Gasteiger partial charge in [0.25, 0.3) is 0 Å². The number of hydrogen-bond acceptors (Lipinski definition) is 5. The summed E-state index contributed by atoms with van der Waals surface area (Å²) in [4.78, 5) is 0. The van der Waals surface area contributed by atoms with E-state index in [1.54, 1.807) is 0 Å². The van der Waals surface area contributed by atoms with Crippen LogP contribution in [-0.2, 0) is 18.9 Å². The normalized spacial score (nSPS) is 39.9. The van der Waals surface area contributed by atoms with Crippen LogP contribution in [0.2, 0.25) is 0 Å². The van der Waals surface area contributed by atoms with Crippen molar-refractivity contribution in [3.05, 3.63) is 0 Å². The molecule has 116 valence electrons. The Morgan fingerprint density at radius 2 is 2.00 bits per heavy atom. The van der Waals surface area contributed by atoms with Crippen molar-refractivity contribution in [3.63, 3.8) is 0 Å². The van der Waals surface area contributed by atoms with E-state index in [1.165, 1.54) is 12.8 Å². The van der Waals surface area contributed by atoms with E-state index in [-0.39, 0.29) is 11.7 Å². The van der Waals surface area contributed by atoms with Gasteiger partial charge < -0.3 is 18.9 Å². The molecule has 3 aliphatic heterocycles. The Bertz CT molecular complexity index is 321. The summed E-state index contributed by atoms with van der Waals surface area (Å²) < 4.78 is 22.9. The Morgan fingerprint density at radius 3 is 2.65 bits per heavy atom. The second kappa shape index (κ2) is 6.53. The fraction of sp³-hybridized carbons (Fsp3) is 1.00. The maximum absolute atomic E-state index is 5.97. The third kappa shape index (κ3) is 3.89. The van der Waals surface area contributed by atoms with Crippen LogP contribution in [-0.4, -0.2) is 49.5 Å². The quantitative estimate of drug-likeness (QED) is 0.754. The molecule has 3 fully saturated rings. The summed E-state index contributed by atoms with van der Waals surface area (Å²) in [7, 11) is 0. The van der Waals surface area contributed by atoms with E-state index in [0.29, 0.717) is 17.6 Å². The van der Waals surface area contributed by atoms with Crippen molar-refractivity contribution in [2.45, 2.75) is 63.5 Å². The molecule has 0 aromatic rings. The summed E-state index contributed by atoms with van der Waals surface area (Å²) in [6.45, 7) is 6.74. The molecule has 0 spiro atoms. The second-order valence-electron chi connectivity index (χ2n) is 6.67. The molecule has 0 radical (unpaired) electrons. The average Bonchev–Trinajstić information content (AvgIpc) is 3.00. The van der Waals surface area contributed by atoms with Crippen LogP contribution in [0, 0.1) is 5.41 Å². The lowest BCUT2D eigenvalue weighted by Gasteiger charge is -2.38. The van der Waals surface area contributed by atoms with Crippen LogP contribution in [0.15, 0.2) is 0 Å². The van der Waals surface area contributed by atoms with Crippen molar-refractivity contribution in [3.8, 4) is 0 Å². The van der Waals surface area contributed by atoms with Crippen molar-refractivity contribution in [1.82, 2.24) is 0 Å². The average molecular weight is 302 g/mol. The van der Waals surface area contributed by atoms with Gasteiger partial charge in [-0.3, -0.25) is 0 Å². The number of thioether (sulfide) groups is 1. The van der Waals surface area contributed by atoms with Crippen LogP contribution < -0.4 is 0 Å². The zero-order chi connectivity index (χ0) is 14.0. The van der Waals surface area contributed by atoms with Crippen LogP contribution in [0.3, 0.4) is 0 Å². The Balaban J connectivity index is 1.30. The molecular weight excluding hydrogens is 276 g/mol. The lowest BCUT2D eigenvalue weighted by Crippen LogP contribution is -2.44. The highest BCUT2D eigenvalue weighted by atomic mass is 32.2. The van der Waals surface area contributed by atoms with Crippen molar-refractivity contribution in [2.24, 2.45) is 5.41 Å². The molecule has 4 unspecified atom stereocenters. The van der Waals surface area contributed by atoms with E-state index < -0.39 is 0 Å². The predicted molar refractivity (Wildman–Crippen MR) is 78.8 cm³/mol. The Morgan fingerprint density at radius 1 is 1.15 bits per heavy atom. The van der Waals surface area contributed by atoms with E-state index in [9.17, 15) is 0 Å². The van der Waals surface area contributed by atoms with E-state index in [1.807, 2.05) is 11.8 Å². The van der Waals surface area contributed by atoms with Gasteiger partial charge in [0, 0.05) is 17.6 Å². The SMILES string of the molecule is CC1CCC(SCC2CCC(OCC3(C)COC3)O2)O1. The summed E-state index contributed by atoms with van der Waals surface area (Å²) in [5.41, 5.74) is 0.587. The molecule has 0 saturated carbocycles. The smallest absolute Gasteiger partial charge is 0.158 e. The number of hydrogen-bond donors (Lipinski definition) is 0. The molecule has 3 rings (SSSR count). The highest BCUT2D eigenvalue weighted by Crippen LogP contribution is 2.33. The molecule has 3 heterocycles. The lowest BCUT2D eigenvalue weighted by atomic mass is 9.90. The zero-order valence-electron chi connectivity index (χ0n) is 12.5. The summed E-state index contributed by atoms with van der Waals surface area (Å²) in [6.07, 6.45) is 5.24. The zero-order valence-corrected chi connectivity index (χ0v) is 13.3. The first-order valence-corrected chi connectivity index (χ1v) is 8.80. The summed E-state index contributed by atoms with van der Waals surface area (Å²) in [5.74, 6) is 1.03. The summed E-state index contributed by atoms with van der Waals surface area (Å²) in [5, 5.41) is 0. The standard InChI is InChI=1S/C15H26O4S/c1-11-3-6-14(18-11)20-7-12-4-5-13(19-12)17-10-15(2)8-16-9-15/h11-14H,3-10H2,1-2H3. The third-order valence-electron chi connectivity index (χ3n) is 4.25. The summed E-state index contributed by atoms with van der Waals surface area (Å²) in [6, 6.07) is 0. The van der Waals surface area contributed by atoms with Crippen molar-refractivity contribution >= 4 is 11.8 Å². The van der Waals surface area contributed by atoms with Gasteiger partial charge >= 0.3 is 0 Å². The fourth-order valence-electron chi connectivity index (χ4n) is 2.85. The Hall–Kier alpha value is 0.190. The molecule has 3 aliphatic rings. The van der Waals surface area contributed by atoms with Gasteiger partial charge in [0.1, 0.15) is 5.44 Å². The molecule has 0 aromatic carbocycles. The van der Waals surface area contributed by atoms with Gasteiger partial charge in [-0.25, -0.2) is 0 Å². The molecule has 0 bridgehead atoms. The van der Waals surface area contributed by atoms with Crippen LogP contribution >= 0.6 is 11.8 Å². The molecule has 5 heteroatoms. The van der Waals surface area contributed by atoms with Crippen LogP contribution in [0.25, 0.3) is 0 Å². The first-order chi connectivity index (χ1) is 9.63. The maximum atomic E-state index is 5.97. The highest BCUT2D eigenvalue weighted by molar-refractivity contribution is 7.99. The summed E-state index contributed by atoms with van der Waals surface area (Å²) >= 11 is 1.90. The lowest BCUT2D eigenvalue weighted by molar-refractivity contribution is -0.194. The highest BCUT2D eigenvalue weighted by Gasteiger charge is 2.36. The van der Waals surface area contributed by atoms with Crippen LogP contribution in [0.1, 0.15) is 39.5 Å². The maximum Gasteiger partial charge on any atom is 0.158 e. The van der Waals surface area contributed by atoms with E-state index in [4.69, 9.17) is 18.9 Å². The first-order valence-electron chi connectivity index (χ1n) is 7.75. The molecule has 0 aromatic heterocycles. The van der Waals surface area contributed by atoms with Gasteiger partial charge in [-0.15, -0.1) is 11.8 Å². The van der Waals surface area contributed by atoms with Gasteiger partial charge in [0.05, 0.1) is 32.0 Å². The molecule has 0 aliphatic carbocycles. The monoisotopic (exact) mass is 302 g/mol. The minimum absolute atomic E-state index is 0.0126. The fourth-order valence-corrected chi connectivity index (χ4v) is 4.09. The molecule has 20 heavy (non-hydrogen) atoms. The van der Waals surface area contributed by atoms with E-state index >= 15 is 0 Å². The molecule has 4 atom stereocenters. The molecular formula is C15H26O4S. The van der Waals surface area contributed by atoms with Crippen molar-refractivity contribution < 1.29 is 18.9 Å². The minimum Gasteiger partial charge on any atom is -0.380 e. The van der Waals surface area contributed by atoms with Gasteiger partial charge in [-0.05, 0) is 26.2 Å². The molecule has 0 N–H and O–H groups in total. The van der Waals surface area contributed by atoms with Gasteiger partial charge in [-0.2, -0.15) is 0 Å². The number of ether oxygens (including phenoxy) is 4. The molecule has 0 amide bonds. The topological polar surface area (TPSA) is 36.9 Å². The van der Waals surface area contributed by atoms with Gasteiger partial charge in [0.15, 0.2) is 6.29 Å². The van der Waals surface area contributed by atoms with Gasteiger partial charge in [0.2, 0.25) is 0 Å². The minimum atomic E-state index is -0.0126. The van der Waals surface area contributed by atoms with Crippen LogP contribution in [0.5, 0.6) is 0 Å². The predicted octanol–water partition coefficient (Wildman–Crippen LogP) is 2.80.